The van der Waals surface area contributed by atoms with Crippen LogP contribution < -0.4 is 10.1 Å². The molecule has 0 heterocycles. The highest BCUT2D eigenvalue weighted by molar-refractivity contribution is 5.88. The molecule has 0 saturated heterocycles. The van der Waals surface area contributed by atoms with Crippen molar-refractivity contribution < 1.29 is 14.3 Å². The third kappa shape index (κ3) is 6.71. The number of amides is 2. The average Bonchev–Trinajstić information content (AvgIpc) is 2.83. The summed E-state index contributed by atoms with van der Waals surface area (Å²) in [4.78, 5) is 27.7. The normalized spacial score (nSPS) is 11.4. The summed E-state index contributed by atoms with van der Waals surface area (Å²) in [5.41, 5.74) is 3.04. The molecule has 0 spiro atoms. The van der Waals surface area contributed by atoms with Gasteiger partial charge in [-0.3, -0.25) is 9.59 Å². The average molecular weight is 431 g/mol. The van der Waals surface area contributed by atoms with Gasteiger partial charge in [0.1, 0.15) is 11.8 Å². The van der Waals surface area contributed by atoms with Crippen LogP contribution in [-0.2, 0) is 29.0 Å². The number of rotatable bonds is 10. The molecule has 166 valence electrons. The second-order valence-corrected chi connectivity index (χ2v) is 7.73. The zero-order chi connectivity index (χ0) is 22.8. The number of hydrogen-bond acceptors (Lipinski definition) is 3. The van der Waals surface area contributed by atoms with Crippen LogP contribution in [0.15, 0.2) is 84.9 Å². The van der Waals surface area contributed by atoms with Gasteiger partial charge >= 0.3 is 0 Å². The summed E-state index contributed by atoms with van der Waals surface area (Å²) in [6, 6.07) is 26.6. The molecule has 0 aliphatic carbocycles. The van der Waals surface area contributed by atoms with E-state index in [1.165, 1.54) is 0 Å². The summed E-state index contributed by atoms with van der Waals surface area (Å²) in [7, 11) is 1.64. The third-order valence-corrected chi connectivity index (χ3v) is 5.43. The highest BCUT2D eigenvalue weighted by Gasteiger charge is 2.26. The number of carbonyl (C=O) groups is 2. The Labute approximate surface area is 190 Å². The summed E-state index contributed by atoms with van der Waals surface area (Å²) >= 11 is 0. The molecular formula is C27H30N2O3. The van der Waals surface area contributed by atoms with Gasteiger partial charge in [-0.1, -0.05) is 72.8 Å². The van der Waals surface area contributed by atoms with Crippen molar-refractivity contribution >= 4 is 11.8 Å². The second kappa shape index (κ2) is 11.7. The number of benzene rings is 3. The number of carbonyl (C=O) groups excluding carboxylic acids is 2. The standard InChI is InChI=1S/C27H30N2O3/c1-21(27(31)28-18-17-22-13-15-25(32-2)16-14-22)29(20-24-11-7-4-8-12-24)26(30)19-23-9-5-3-6-10-23/h3-16,21H,17-20H2,1-2H3,(H,28,31). The van der Waals surface area contributed by atoms with E-state index in [4.69, 9.17) is 4.74 Å². The fourth-order valence-corrected chi connectivity index (χ4v) is 3.50. The molecule has 0 aromatic heterocycles. The Bertz CT molecular complexity index is 988. The Morgan fingerprint density at radius 1 is 0.844 bits per heavy atom. The van der Waals surface area contributed by atoms with Crippen molar-refractivity contribution in [3.05, 3.63) is 102 Å². The molecule has 1 atom stereocenters. The molecule has 0 saturated carbocycles. The molecule has 3 aromatic carbocycles. The number of methoxy groups -OCH3 is 1. The van der Waals surface area contributed by atoms with Crippen molar-refractivity contribution in [2.45, 2.75) is 32.4 Å². The lowest BCUT2D eigenvalue weighted by Crippen LogP contribution is -2.48. The van der Waals surface area contributed by atoms with Crippen LogP contribution >= 0.6 is 0 Å². The van der Waals surface area contributed by atoms with Gasteiger partial charge in [-0.2, -0.15) is 0 Å². The maximum absolute atomic E-state index is 13.2. The second-order valence-electron chi connectivity index (χ2n) is 7.73. The van der Waals surface area contributed by atoms with Gasteiger partial charge in [-0.15, -0.1) is 0 Å². The Morgan fingerprint density at radius 3 is 2.03 bits per heavy atom. The minimum Gasteiger partial charge on any atom is -0.497 e. The SMILES string of the molecule is COc1ccc(CCNC(=O)C(C)N(Cc2ccccc2)C(=O)Cc2ccccc2)cc1. The Morgan fingerprint density at radius 2 is 1.44 bits per heavy atom. The highest BCUT2D eigenvalue weighted by Crippen LogP contribution is 2.13. The first-order valence-corrected chi connectivity index (χ1v) is 10.8. The number of ether oxygens (including phenoxy) is 1. The van der Waals surface area contributed by atoms with E-state index >= 15 is 0 Å². The third-order valence-electron chi connectivity index (χ3n) is 5.43. The van der Waals surface area contributed by atoms with Gasteiger partial charge in [0.05, 0.1) is 13.5 Å². The summed E-state index contributed by atoms with van der Waals surface area (Å²) < 4.78 is 5.18. The molecule has 3 aromatic rings. The quantitative estimate of drug-likeness (QED) is 0.529. The Balaban J connectivity index is 1.63. The van der Waals surface area contributed by atoms with Crippen molar-refractivity contribution in [2.75, 3.05) is 13.7 Å². The Kier molecular flexibility index (Phi) is 8.44. The number of nitrogens with one attached hydrogen (secondary N) is 1. The first-order valence-electron chi connectivity index (χ1n) is 10.8. The summed E-state index contributed by atoms with van der Waals surface area (Å²) in [5.74, 6) is 0.577. The molecule has 0 aliphatic heterocycles. The van der Waals surface area contributed by atoms with Crippen molar-refractivity contribution in [3.8, 4) is 5.75 Å². The summed E-state index contributed by atoms with van der Waals surface area (Å²) in [6.45, 7) is 2.68. The highest BCUT2D eigenvalue weighted by atomic mass is 16.5. The molecule has 0 fully saturated rings. The van der Waals surface area contributed by atoms with Crippen molar-refractivity contribution in [1.82, 2.24) is 10.2 Å². The van der Waals surface area contributed by atoms with Crippen molar-refractivity contribution in [3.63, 3.8) is 0 Å². The molecule has 1 unspecified atom stereocenters. The molecule has 32 heavy (non-hydrogen) atoms. The van der Waals surface area contributed by atoms with Gasteiger partial charge in [0.2, 0.25) is 11.8 Å². The van der Waals surface area contributed by atoms with Gasteiger partial charge in [0.25, 0.3) is 0 Å². The predicted octanol–water partition coefficient (Wildman–Crippen LogP) is 4.01. The lowest BCUT2D eigenvalue weighted by molar-refractivity contribution is -0.140. The first-order chi connectivity index (χ1) is 15.6. The van der Waals surface area contributed by atoms with Crippen LogP contribution in [0.3, 0.4) is 0 Å². The molecule has 5 heteroatoms. The fourth-order valence-electron chi connectivity index (χ4n) is 3.50. The van der Waals surface area contributed by atoms with E-state index in [9.17, 15) is 9.59 Å². The molecule has 0 bridgehead atoms. The maximum atomic E-state index is 13.2. The first kappa shape index (κ1) is 23.1. The van der Waals surface area contributed by atoms with Crippen LogP contribution in [0.5, 0.6) is 5.75 Å². The van der Waals surface area contributed by atoms with Crippen LogP contribution in [0, 0.1) is 0 Å². The van der Waals surface area contributed by atoms with Gasteiger partial charge in [0, 0.05) is 13.1 Å². The zero-order valence-corrected chi connectivity index (χ0v) is 18.7. The van der Waals surface area contributed by atoms with E-state index in [2.05, 4.69) is 5.32 Å². The van der Waals surface area contributed by atoms with Crippen LogP contribution in [0.4, 0.5) is 0 Å². The van der Waals surface area contributed by atoms with Gasteiger partial charge < -0.3 is 15.0 Å². The smallest absolute Gasteiger partial charge is 0.242 e. The zero-order valence-electron chi connectivity index (χ0n) is 18.7. The van der Waals surface area contributed by atoms with E-state index in [1.807, 2.05) is 84.9 Å². The molecular weight excluding hydrogens is 400 g/mol. The number of nitrogens with zero attached hydrogens (tertiary/aromatic N) is 1. The maximum Gasteiger partial charge on any atom is 0.242 e. The molecule has 5 nitrogen and oxygen atoms in total. The fraction of sp³-hybridized carbons (Fsp3) is 0.259. The lowest BCUT2D eigenvalue weighted by atomic mass is 10.1. The minimum atomic E-state index is -0.581. The van der Waals surface area contributed by atoms with Crippen LogP contribution in [0.1, 0.15) is 23.6 Å². The van der Waals surface area contributed by atoms with E-state index in [1.54, 1.807) is 18.9 Å². The lowest BCUT2D eigenvalue weighted by Gasteiger charge is -2.29. The van der Waals surface area contributed by atoms with Gasteiger partial charge in [-0.25, -0.2) is 0 Å². The minimum absolute atomic E-state index is 0.0714. The number of hydrogen-bond donors (Lipinski definition) is 1. The van der Waals surface area contributed by atoms with Crippen LogP contribution in [-0.4, -0.2) is 36.4 Å². The van der Waals surface area contributed by atoms with E-state index < -0.39 is 6.04 Å². The molecule has 2 amide bonds. The molecule has 0 aliphatic rings. The van der Waals surface area contributed by atoms with Crippen LogP contribution in [0.25, 0.3) is 0 Å². The topological polar surface area (TPSA) is 58.6 Å². The van der Waals surface area contributed by atoms with Gasteiger partial charge in [-0.05, 0) is 42.2 Å². The Hall–Kier alpha value is -3.60. The van der Waals surface area contributed by atoms with E-state index in [-0.39, 0.29) is 18.2 Å². The van der Waals surface area contributed by atoms with Crippen LogP contribution in [0.2, 0.25) is 0 Å². The predicted molar refractivity (Wildman–Crippen MR) is 126 cm³/mol. The van der Waals surface area contributed by atoms with Gasteiger partial charge in [0.15, 0.2) is 0 Å². The summed E-state index contributed by atoms with van der Waals surface area (Å²) in [6.07, 6.45) is 0.968. The van der Waals surface area contributed by atoms with E-state index in [0.29, 0.717) is 19.5 Å². The molecule has 3 rings (SSSR count). The van der Waals surface area contributed by atoms with Crippen molar-refractivity contribution in [1.29, 1.82) is 0 Å². The van der Waals surface area contributed by atoms with Crippen molar-refractivity contribution in [2.24, 2.45) is 0 Å². The largest absolute Gasteiger partial charge is 0.497 e. The molecule has 0 radical (unpaired) electrons. The summed E-state index contributed by atoms with van der Waals surface area (Å²) in [5, 5.41) is 2.98. The molecule has 1 N–H and O–H groups in total. The van der Waals surface area contributed by atoms with E-state index in [0.717, 1.165) is 22.4 Å². The monoisotopic (exact) mass is 430 g/mol.